The summed E-state index contributed by atoms with van der Waals surface area (Å²) in [7, 11) is 0. The molecule has 3 saturated carbocycles. The van der Waals surface area contributed by atoms with Crippen LogP contribution in [-0.2, 0) is 28.6 Å². The number of fused-ring (bicyclic) bond motifs is 3. The summed E-state index contributed by atoms with van der Waals surface area (Å²) in [5, 5.41) is 11.7. The van der Waals surface area contributed by atoms with Gasteiger partial charge in [0.1, 0.15) is 5.60 Å². The van der Waals surface area contributed by atoms with Crippen LogP contribution in [0.25, 0.3) is 0 Å². The Balaban J connectivity index is 1.66. The maximum Gasteiger partial charge on any atom is 0.377 e. The highest BCUT2D eigenvalue weighted by atomic mass is 35.5. The van der Waals surface area contributed by atoms with Crippen molar-refractivity contribution in [3.8, 4) is 0 Å². The summed E-state index contributed by atoms with van der Waals surface area (Å²) in [6, 6.07) is 0. The molecule has 7 nitrogen and oxygen atoms in total. The van der Waals surface area contributed by atoms with E-state index < -0.39 is 51.1 Å². The largest absolute Gasteiger partial charge is 0.460 e. The average molecular weight is 481 g/mol. The first-order chi connectivity index (χ1) is 15.4. The predicted octanol–water partition coefficient (Wildman–Crippen LogP) is 3.24. The van der Waals surface area contributed by atoms with Gasteiger partial charge in [0.05, 0.1) is 23.2 Å². The molecule has 182 valence electrons. The number of hydrogen-bond donors (Lipinski definition) is 1. The maximum absolute atomic E-state index is 13.5. The van der Waals surface area contributed by atoms with E-state index in [1.807, 2.05) is 6.92 Å². The topological polar surface area (TPSA) is 99.1 Å². The van der Waals surface area contributed by atoms with Crippen LogP contribution in [0.3, 0.4) is 0 Å². The lowest BCUT2D eigenvalue weighted by Gasteiger charge is -2.70. The minimum Gasteiger partial charge on any atom is -0.460 e. The fourth-order valence-corrected chi connectivity index (χ4v) is 8.92. The lowest BCUT2D eigenvalue weighted by Crippen LogP contribution is -2.78. The van der Waals surface area contributed by atoms with Crippen LogP contribution >= 0.6 is 11.6 Å². The van der Waals surface area contributed by atoms with Crippen molar-refractivity contribution in [2.45, 2.75) is 101 Å². The standard InChI is InChI=1S/C25H33ClO7/c1-5-31-20(30)19(29)24-11-10-23(32-14(2)33-24)17-7-6-15-12-16(27)8-9-21(15,3)25(17,26)18(28)13-22(23,24)4/h12,14,17-18,28H,5-11,13H2,1-4H3/t14?,17-,18-,21-,22-,23+,24+,25-/m0/s1. The molecule has 1 N–H and O–H groups in total. The molecule has 1 aliphatic heterocycles. The van der Waals surface area contributed by atoms with Gasteiger partial charge in [0.2, 0.25) is 0 Å². The van der Waals surface area contributed by atoms with Crippen LogP contribution in [0.1, 0.15) is 72.6 Å². The van der Waals surface area contributed by atoms with Crippen LogP contribution in [0.4, 0.5) is 0 Å². The Bertz CT molecular complexity index is 962. The molecule has 4 fully saturated rings. The highest BCUT2D eigenvalue weighted by Gasteiger charge is 2.83. The van der Waals surface area contributed by atoms with Crippen LogP contribution in [0.2, 0.25) is 0 Å². The average Bonchev–Trinajstić information content (AvgIpc) is 2.88. The van der Waals surface area contributed by atoms with Gasteiger partial charge in [-0.3, -0.25) is 9.59 Å². The fourth-order valence-electron chi connectivity index (χ4n) is 8.34. The van der Waals surface area contributed by atoms with Gasteiger partial charge >= 0.3 is 5.97 Å². The Morgan fingerprint density at radius 2 is 1.94 bits per heavy atom. The molecule has 8 heteroatoms. The number of alkyl halides is 1. The second kappa shape index (κ2) is 7.12. The Morgan fingerprint density at radius 1 is 1.21 bits per heavy atom. The van der Waals surface area contributed by atoms with E-state index in [1.54, 1.807) is 19.9 Å². The van der Waals surface area contributed by atoms with Crippen molar-refractivity contribution >= 4 is 29.1 Å². The van der Waals surface area contributed by atoms with Crippen molar-refractivity contribution in [2.75, 3.05) is 6.61 Å². The molecule has 0 aromatic carbocycles. The molecule has 5 aliphatic rings. The van der Waals surface area contributed by atoms with Crippen molar-refractivity contribution in [2.24, 2.45) is 16.7 Å². The van der Waals surface area contributed by atoms with Crippen LogP contribution in [0, 0.1) is 16.7 Å². The molecule has 0 aromatic rings. The van der Waals surface area contributed by atoms with Crippen molar-refractivity contribution < 1.29 is 33.7 Å². The number of esters is 1. The number of Topliss-reactive ketones (excluding diaryl/α,β-unsaturated/α-hetero) is 1. The minimum absolute atomic E-state index is 0.0940. The van der Waals surface area contributed by atoms with E-state index in [9.17, 15) is 19.5 Å². The zero-order valence-corrected chi connectivity index (χ0v) is 20.5. The maximum atomic E-state index is 13.5. The summed E-state index contributed by atoms with van der Waals surface area (Å²) >= 11 is 7.54. The number of allylic oxidation sites excluding steroid dienone is 1. The molecule has 5 rings (SSSR count). The zero-order chi connectivity index (χ0) is 24.0. The van der Waals surface area contributed by atoms with Crippen LogP contribution < -0.4 is 0 Å². The molecule has 0 amide bonds. The van der Waals surface area contributed by atoms with E-state index in [0.717, 1.165) is 5.57 Å². The first-order valence-electron chi connectivity index (χ1n) is 12.1. The van der Waals surface area contributed by atoms with E-state index in [2.05, 4.69) is 6.92 Å². The second-order valence-corrected chi connectivity index (χ2v) is 11.6. The van der Waals surface area contributed by atoms with Crippen LogP contribution in [0.5, 0.6) is 0 Å². The molecular formula is C25H33ClO7. The summed E-state index contributed by atoms with van der Waals surface area (Å²) in [6.07, 6.45) is 3.26. The number of aliphatic hydroxyl groups is 1. The number of ether oxygens (including phenoxy) is 3. The van der Waals surface area contributed by atoms with Crippen LogP contribution in [-0.4, -0.2) is 57.7 Å². The summed E-state index contributed by atoms with van der Waals surface area (Å²) < 4.78 is 17.9. The van der Waals surface area contributed by atoms with Gasteiger partial charge in [-0.1, -0.05) is 19.4 Å². The number of ketones is 2. The number of rotatable bonds is 3. The van der Waals surface area contributed by atoms with Crippen molar-refractivity contribution in [3.63, 3.8) is 0 Å². The van der Waals surface area contributed by atoms with E-state index in [0.29, 0.717) is 38.5 Å². The summed E-state index contributed by atoms with van der Waals surface area (Å²) in [6.45, 7) is 7.46. The lowest BCUT2D eigenvalue weighted by atomic mass is 9.43. The fraction of sp³-hybridized carbons (Fsp3) is 0.800. The third-order valence-electron chi connectivity index (χ3n) is 9.86. The lowest BCUT2D eigenvalue weighted by molar-refractivity contribution is -0.369. The molecule has 8 atom stereocenters. The third-order valence-corrected chi connectivity index (χ3v) is 10.8. The smallest absolute Gasteiger partial charge is 0.377 e. The second-order valence-electron chi connectivity index (χ2n) is 10.9. The van der Waals surface area contributed by atoms with E-state index >= 15 is 0 Å². The summed E-state index contributed by atoms with van der Waals surface area (Å²) in [5.74, 6) is -1.79. The van der Waals surface area contributed by atoms with Gasteiger partial charge in [0.15, 0.2) is 12.1 Å². The van der Waals surface area contributed by atoms with Gasteiger partial charge in [-0.05, 0) is 58.4 Å². The van der Waals surface area contributed by atoms with Crippen molar-refractivity contribution in [1.29, 1.82) is 0 Å². The van der Waals surface area contributed by atoms with Crippen molar-refractivity contribution in [3.05, 3.63) is 11.6 Å². The monoisotopic (exact) mass is 480 g/mol. The SMILES string of the molecule is CCOC(=O)C(=O)[C@@]12CC[C@@]3(OC(C)O1)[C@@H]1CCC4=CC(=O)CC[C@]4(C)[C@@]1(Cl)[C@@H](O)C[C@]23C. The Labute approximate surface area is 199 Å². The molecule has 0 aromatic heterocycles. The van der Waals surface area contributed by atoms with Gasteiger partial charge in [-0.2, -0.15) is 0 Å². The molecular weight excluding hydrogens is 448 g/mol. The Morgan fingerprint density at radius 3 is 2.64 bits per heavy atom. The number of carbonyl (C=O) groups is 3. The molecule has 4 aliphatic carbocycles. The molecule has 1 saturated heterocycles. The van der Waals surface area contributed by atoms with Gasteiger partial charge in [0, 0.05) is 23.2 Å². The first kappa shape index (κ1) is 23.5. The highest BCUT2D eigenvalue weighted by molar-refractivity contribution is 6.37. The van der Waals surface area contributed by atoms with E-state index in [4.69, 9.17) is 25.8 Å². The summed E-state index contributed by atoms with van der Waals surface area (Å²) in [4.78, 5) is 37.3. The number of aliphatic hydroxyl groups excluding tert-OH is 1. The van der Waals surface area contributed by atoms with Gasteiger partial charge in [-0.15, -0.1) is 11.6 Å². The van der Waals surface area contributed by atoms with Gasteiger partial charge in [0.25, 0.3) is 5.78 Å². The molecule has 2 bridgehead atoms. The first-order valence-corrected chi connectivity index (χ1v) is 12.5. The third kappa shape index (κ3) is 2.55. The van der Waals surface area contributed by atoms with Gasteiger partial charge < -0.3 is 19.3 Å². The minimum atomic E-state index is -1.43. The quantitative estimate of drug-likeness (QED) is 0.376. The number of halogens is 1. The zero-order valence-electron chi connectivity index (χ0n) is 19.7. The molecule has 1 heterocycles. The molecule has 0 radical (unpaired) electrons. The number of hydrogen-bond acceptors (Lipinski definition) is 7. The molecule has 1 unspecified atom stereocenters. The Hall–Kier alpha value is -1.28. The van der Waals surface area contributed by atoms with Crippen molar-refractivity contribution in [1.82, 2.24) is 0 Å². The molecule has 33 heavy (non-hydrogen) atoms. The predicted molar refractivity (Wildman–Crippen MR) is 118 cm³/mol. The van der Waals surface area contributed by atoms with Gasteiger partial charge in [-0.25, -0.2) is 4.79 Å². The summed E-state index contributed by atoms with van der Waals surface area (Å²) in [5.41, 5.74) is -2.81. The van der Waals surface area contributed by atoms with Crippen LogP contribution in [0.15, 0.2) is 11.6 Å². The normalized spacial score (nSPS) is 50.5. The van der Waals surface area contributed by atoms with E-state index in [-0.39, 0.29) is 24.7 Å². The van der Waals surface area contributed by atoms with E-state index in [1.165, 1.54) is 0 Å². The number of carbonyl (C=O) groups excluding carboxylic acids is 3. The highest BCUT2D eigenvalue weighted by Crippen LogP contribution is 2.75. The molecule has 0 spiro atoms. The Kier molecular flexibility index (Phi) is 5.06.